The molecule has 2 aromatic heterocycles. The Balaban J connectivity index is 1.72. The summed E-state index contributed by atoms with van der Waals surface area (Å²) < 4.78 is 12.4. The minimum Gasteiger partial charge on any atom is -0.497 e. The number of benzene rings is 1. The molecule has 0 amide bonds. The molecule has 0 aliphatic carbocycles. The molecule has 0 saturated heterocycles. The molecular weight excluding hydrogens is 292 g/mol. The topological polar surface area (TPSA) is 66.0 Å². The maximum absolute atomic E-state index is 5.38. The van der Waals surface area contributed by atoms with Crippen LogP contribution in [0.4, 0.5) is 0 Å². The van der Waals surface area contributed by atoms with E-state index in [9.17, 15) is 0 Å². The summed E-state index contributed by atoms with van der Waals surface area (Å²) in [6.07, 6.45) is 1.25. The van der Waals surface area contributed by atoms with Gasteiger partial charge in [0.05, 0.1) is 19.2 Å². The van der Waals surface area contributed by atoms with Crippen LogP contribution in [0.25, 0.3) is 0 Å². The van der Waals surface area contributed by atoms with Gasteiger partial charge in [-0.25, -0.2) is 0 Å². The summed E-state index contributed by atoms with van der Waals surface area (Å²) in [5.74, 6) is 2.14. The average molecular weight is 312 g/mol. The van der Waals surface area contributed by atoms with Crippen LogP contribution in [0.3, 0.4) is 0 Å². The summed E-state index contributed by atoms with van der Waals surface area (Å²) >= 11 is 0. The van der Waals surface area contributed by atoms with Crippen LogP contribution in [0, 0.1) is 13.8 Å². The molecule has 0 unspecified atom stereocenters. The Labute approximate surface area is 135 Å². The minimum absolute atomic E-state index is 0.612. The van der Waals surface area contributed by atoms with Crippen molar-refractivity contribution in [2.45, 2.75) is 26.7 Å². The Kier molecular flexibility index (Phi) is 4.14. The fourth-order valence-electron chi connectivity index (χ4n) is 2.58. The molecule has 0 N–H and O–H groups in total. The Hall–Kier alpha value is -2.63. The number of ether oxygens (including phenoxy) is 1. The molecule has 0 aliphatic rings. The first-order chi connectivity index (χ1) is 11.1. The Morgan fingerprint density at radius 2 is 1.87 bits per heavy atom. The fourth-order valence-corrected chi connectivity index (χ4v) is 2.58. The highest BCUT2D eigenvalue weighted by Gasteiger charge is 2.14. The molecule has 0 fully saturated rings. The first-order valence-electron chi connectivity index (χ1n) is 7.50. The summed E-state index contributed by atoms with van der Waals surface area (Å²) in [4.78, 5) is 4.49. The predicted octanol–water partition coefficient (Wildman–Crippen LogP) is 2.61. The number of rotatable bonds is 5. The molecule has 2 heterocycles. The number of hydrogen-bond donors (Lipinski definition) is 0. The van der Waals surface area contributed by atoms with E-state index in [4.69, 9.17) is 9.26 Å². The second-order valence-corrected chi connectivity index (χ2v) is 5.58. The van der Waals surface area contributed by atoms with Crippen molar-refractivity contribution in [2.75, 3.05) is 7.11 Å². The van der Waals surface area contributed by atoms with Gasteiger partial charge in [0.15, 0.2) is 5.82 Å². The fraction of sp³-hybridized carbons (Fsp3) is 0.353. The van der Waals surface area contributed by atoms with E-state index in [2.05, 4.69) is 15.2 Å². The first-order valence-corrected chi connectivity index (χ1v) is 7.50. The van der Waals surface area contributed by atoms with E-state index in [1.165, 1.54) is 0 Å². The second-order valence-electron chi connectivity index (χ2n) is 5.58. The summed E-state index contributed by atoms with van der Waals surface area (Å²) in [5.41, 5.74) is 4.39. The molecule has 0 saturated carbocycles. The van der Waals surface area contributed by atoms with Gasteiger partial charge in [-0.2, -0.15) is 10.1 Å². The third-order valence-corrected chi connectivity index (χ3v) is 4.02. The molecule has 0 atom stereocenters. The zero-order valence-electron chi connectivity index (χ0n) is 13.8. The maximum atomic E-state index is 5.38. The molecule has 120 valence electrons. The number of aromatic nitrogens is 4. The van der Waals surface area contributed by atoms with Gasteiger partial charge in [-0.15, -0.1) is 0 Å². The molecule has 3 rings (SSSR count). The molecular formula is C17H20N4O2. The molecule has 0 aliphatic heterocycles. The van der Waals surface area contributed by atoms with Crippen molar-refractivity contribution in [1.82, 2.24) is 19.9 Å². The smallest absolute Gasteiger partial charge is 0.231 e. The summed E-state index contributed by atoms with van der Waals surface area (Å²) in [6, 6.07) is 7.87. The minimum atomic E-state index is 0.612. The first kappa shape index (κ1) is 15.3. The highest BCUT2D eigenvalue weighted by atomic mass is 16.5. The lowest BCUT2D eigenvalue weighted by Crippen LogP contribution is -1.96. The van der Waals surface area contributed by atoms with E-state index in [1.54, 1.807) is 7.11 Å². The lowest BCUT2D eigenvalue weighted by Gasteiger charge is -2.00. The van der Waals surface area contributed by atoms with Crippen molar-refractivity contribution >= 4 is 0 Å². The third kappa shape index (κ3) is 3.26. The molecule has 3 aromatic rings. The van der Waals surface area contributed by atoms with E-state index >= 15 is 0 Å². The van der Waals surface area contributed by atoms with Crippen molar-refractivity contribution in [1.29, 1.82) is 0 Å². The summed E-state index contributed by atoms with van der Waals surface area (Å²) in [7, 11) is 3.59. The maximum Gasteiger partial charge on any atom is 0.231 e. The summed E-state index contributed by atoms with van der Waals surface area (Å²) in [5, 5.41) is 8.48. The zero-order chi connectivity index (χ0) is 16.4. The number of nitrogens with zero attached hydrogens (tertiary/aromatic N) is 4. The number of aryl methyl sites for hydroxylation is 2. The van der Waals surface area contributed by atoms with E-state index in [1.807, 2.05) is 49.8 Å². The van der Waals surface area contributed by atoms with Gasteiger partial charge >= 0.3 is 0 Å². The van der Waals surface area contributed by atoms with Crippen LogP contribution >= 0.6 is 0 Å². The Bertz CT molecular complexity index is 803. The highest BCUT2D eigenvalue weighted by molar-refractivity contribution is 5.29. The van der Waals surface area contributed by atoms with Crippen molar-refractivity contribution in [3.8, 4) is 5.75 Å². The monoisotopic (exact) mass is 312 g/mol. The second kappa shape index (κ2) is 6.24. The quantitative estimate of drug-likeness (QED) is 0.724. The molecule has 6 heteroatoms. The zero-order valence-corrected chi connectivity index (χ0v) is 13.8. The van der Waals surface area contributed by atoms with Gasteiger partial charge in [0.25, 0.3) is 0 Å². The van der Waals surface area contributed by atoms with E-state index in [0.717, 1.165) is 28.3 Å². The van der Waals surface area contributed by atoms with Crippen LogP contribution in [0.15, 0.2) is 28.8 Å². The lowest BCUT2D eigenvalue weighted by molar-refractivity contribution is 0.380. The van der Waals surface area contributed by atoms with Crippen LogP contribution in [0.5, 0.6) is 5.75 Å². The van der Waals surface area contributed by atoms with Crippen molar-refractivity contribution < 1.29 is 9.26 Å². The Morgan fingerprint density at radius 3 is 2.48 bits per heavy atom. The molecule has 0 spiro atoms. The van der Waals surface area contributed by atoms with Gasteiger partial charge in [0, 0.05) is 24.7 Å². The SMILES string of the molecule is COc1ccc(Cc2noc(Cc3c(C)nn(C)c3C)n2)cc1. The standard InChI is InChI=1S/C17H20N4O2/c1-11-15(12(2)21(3)19-11)10-17-18-16(20-23-17)9-13-5-7-14(22-4)8-6-13/h5-8H,9-10H2,1-4H3. The normalized spacial score (nSPS) is 11.0. The molecule has 0 radical (unpaired) electrons. The van der Waals surface area contributed by atoms with Gasteiger partial charge in [-0.1, -0.05) is 17.3 Å². The molecule has 6 nitrogen and oxygen atoms in total. The number of methoxy groups -OCH3 is 1. The molecule has 1 aromatic carbocycles. The van der Waals surface area contributed by atoms with Crippen LogP contribution in [0.1, 0.15) is 34.2 Å². The molecule has 23 heavy (non-hydrogen) atoms. The molecule has 0 bridgehead atoms. The van der Waals surface area contributed by atoms with Crippen molar-refractivity contribution in [3.05, 3.63) is 58.5 Å². The van der Waals surface area contributed by atoms with Gasteiger partial charge in [-0.05, 0) is 31.5 Å². The van der Waals surface area contributed by atoms with E-state index in [0.29, 0.717) is 24.6 Å². The van der Waals surface area contributed by atoms with Gasteiger partial charge in [-0.3, -0.25) is 4.68 Å². The van der Waals surface area contributed by atoms with Crippen LogP contribution in [-0.2, 0) is 19.9 Å². The van der Waals surface area contributed by atoms with Gasteiger partial charge in [0.1, 0.15) is 5.75 Å². The number of hydrogen-bond acceptors (Lipinski definition) is 5. The average Bonchev–Trinajstić information content (AvgIpc) is 3.08. The van der Waals surface area contributed by atoms with Crippen molar-refractivity contribution in [3.63, 3.8) is 0 Å². The lowest BCUT2D eigenvalue weighted by atomic mass is 10.1. The predicted molar refractivity (Wildman–Crippen MR) is 85.6 cm³/mol. The third-order valence-electron chi connectivity index (χ3n) is 4.02. The van der Waals surface area contributed by atoms with Gasteiger partial charge < -0.3 is 9.26 Å². The van der Waals surface area contributed by atoms with E-state index in [-0.39, 0.29) is 0 Å². The largest absolute Gasteiger partial charge is 0.497 e. The van der Waals surface area contributed by atoms with Crippen LogP contribution in [-0.4, -0.2) is 27.0 Å². The van der Waals surface area contributed by atoms with Crippen LogP contribution in [0.2, 0.25) is 0 Å². The highest BCUT2D eigenvalue weighted by Crippen LogP contribution is 2.17. The van der Waals surface area contributed by atoms with Crippen molar-refractivity contribution in [2.24, 2.45) is 7.05 Å². The van der Waals surface area contributed by atoms with E-state index < -0.39 is 0 Å². The Morgan fingerprint density at radius 1 is 1.13 bits per heavy atom. The van der Waals surface area contributed by atoms with Gasteiger partial charge in [0.2, 0.25) is 5.89 Å². The summed E-state index contributed by atoms with van der Waals surface area (Å²) in [6.45, 7) is 4.04. The van der Waals surface area contributed by atoms with Crippen LogP contribution < -0.4 is 4.74 Å².